The molecule has 1 aromatic rings. The average molecular weight is 373 g/mol. The minimum absolute atomic E-state index is 0.0737. The van der Waals surface area contributed by atoms with Crippen LogP contribution in [0.25, 0.3) is 0 Å². The summed E-state index contributed by atoms with van der Waals surface area (Å²) in [5.74, 6) is -1.15. The Labute approximate surface area is 151 Å². The Hall–Kier alpha value is -1.83. The number of aromatic nitrogens is 2. The van der Waals surface area contributed by atoms with Crippen LogP contribution in [-0.4, -0.2) is 34.1 Å². The van der Waals surface area contributed by atoms with Gasteiger partial charge in [-0.2, -0.15) is 18.3 Å². The number of unbranched alkanes of at least 4 members (excludes halogenated alkanes) is 1. The van der Waals surface area contributed by atoms with Crippen molar-refractivity contribution in [3.63, 3.8) is 0 Å². The van der Waals surface area contributed by atoms with Crippen molar-refractivity contribution in [3.8, 4) is 0 Å². The Balaban J connectivity index is 2.22. The van der Waals surface area contributed by atoms with Crippen LogP contribution >= 0.6 is 0 Å². The molecule has 1 aromatic heterocycles. The number of carbonyl (C=O) groups excluding carboxylic acids is 1. The predicted octanol–water partition coefficient (Wildman–Crippen LogP) is 3.57. The summed E-state index contributed by atoms with van der Waals surface area (Å²) in [6.07, 6.45) is -0.918. The van der Waals surface area contributed by atoms with Crippen LogP contribution in [0.1, 0.15) is 50.4 Å². The van der Waals surface area contributed by atoms with Gasteiger partial charge in [-0.15, -0.1) is 0 Å². The molecule has 0 spiro atoms. The highest BCUT2D eigenvalue weighted by Gasteiger charge is 2.62. The number of hydrogen-bond acceptors (Lipinski definition) is 3. The number of halogens is 3. The lowest BCUT2D eigenvalue weighted by Crippen LogP contribution is -2.58. The summed E-state index contributed by atoms with van der Waals surface area (Å²) in [5, 5.41) is 6.53. The summed E-state index contributed by atoms with van der Waals surface area (Å²) < 4.78 is 48.4. The largest absolute Gasteiger partial charge is 0.426 e. The zero-order chi connectivity index (χ0) is 19.4. The van der Waals surface area contributed by atoms with Gasteiger partial charge in [-0.3, -0.25) is 9.48 Å². The summed E-state index contributed by atoms with van der Waals surface area (Å²) in [7, 11) is 1.73. The van der Waals surface area contributed by atoms with Crippen molar-refractivity contribution in [2.75, 3.05) is 6.61 Å². The zero-order valence-electron chi connectivity index (χ0n) is 15.4. The number of alkyl halides is 3. The molecule has 1 N–H and O–H groups in total. The van der Waals surface area contributed by atoms with Crippen molar-refractivity contribution in [2.45, 2.75) is 64.3 Å². The maximum Gasteiger partial charge on any atom is 0.426 e. The Bertz CT molecular complexity index is 648. The molecule has 0 radical (unpaired) electrons. The van der Waals surface area contributed by atoms with E-state index < -0.39 is 24.1 Å². The van der Waals surface area contributed by atoms with Gasteiger partial charge in [-0.25, -0.2) is 0 Å². The van der Waals surface area contributed by atoms with Crippen molar-refractivity contribution in [1.82, 2.24) is 15.1 Å². The second-order valence-electron chi connectivity index (χ2n) is 6.69. The number of ether oxygens (including phenoxy) is 1. The molecule has 1 atom stereocenters. The lowest BCUT2D eigenvalue weighted by atomic mass is 9.90. The number of hydrogen-bond donors (Lipinski definition) is 1. The summed E-state index contributed by atoms with van der Waals surface area (Å²) >= 11 is 0. The molecule has 2 rings (SSSR count). The Morgan fingerprint density at radius 3 is 2.81 bits per heavy atom. The van der Waals surface area contributed by atoms with E-state index in [2.05, 4.69) is 10.4 Å². The van der Waals surface area contributed by atoms with Crippen molar-refractivity contribution in [2.24, 2.45) is 7.05 Å². The monoisotopic (exact) mass is 373 g/mol. The third-order valence-electron chi connectivity index (χ3n) is 4.61. The van der Waals surface area contributed by atoms with Gasteiger partial charge in [-0.1, -0.05) is 25.0 Å². The molecule has 0 aromatic carbocycles. The molecule has 5 nitrogen and oxygen atoms in total. The summed E-state index contributed by atoms with van der Waals surface area (Å²) in [6.45, 7) is 3.62. The minimum atomic E-state index is -4.80. The number of rotatable bonds is 5. The van der Waals surface area contributed by atoms with Crippen LogP contribution in [0, 0.1) is 6.92 Å². The van der Waals surface area contributed by atoms with Crippen LogP contribution in [0.4, 0.5) is 13.2 Å². The standard InChI is InChI=1S/C18H26F3N3O2/c1-4-5-7-14-8-6-9-26-17(11-14,18(19,20)21)16(25)22-12-15-10-13(2)24(3)23-15/h7,10H,4-6,8-9,11-12H2,1-3H3,(H,22,25). The van der Waals surface area contributed by atoms with Crippen molar-refractivity contribution in [1.29, 1.82) is 0 Å². The van der Waals surface area contributed by atoms with E-state index in [1.165, 1.54) is 0 Å². The van der Waals surface area contributed by atoms with Gasteiger partial charge in [0.25, 0.3) is 5.91 Å². The van der Waals surface area contributed by atoms with Crippen LogP contribution in [-0.2, 0) is 23.1 Å². The summed E-state index contributed by atoms with van der Waals surface area (Å²) in [4.78, 5) is 12.6. The highest BCUT2D eigenvalue weighted by atomic mass is 19.4. The molecule has 146 valence electrons. The minimum Gasteiger partial charge on any atom is -0.357 e. The lowest BCUT2D eigenvalue weighted by molar-refractivity contribution is -0.265. The molecule has 1 fully saturated rings. The maximum atomic E-state index is 13.9. The first kappa shape index (κ1) is 20.5. The van der Waals surface area contributed by atoms with E-state index in [-0.39, 0.29) is 13.2 Å². The van der Waals surface area contributed by atoms with Crippen LogP contribution in [0.5, 0.6) is 0 Å². The molecule has 1 aliphatic rings. The van der Waals surface area contributed by atoms with E-state index in [9.17, 15) is 18.0 Å². The Morgan fingerprint density at radius 1 is 1.50 bits per heavy atom. The Morgan fingerprint density at radius 2 is 2.23 bits per heavy atom. The maximum absolute atomic E-state index is 13.9. The number of aryl methyl sites for hydroxylation is 2. The third kappa shape index (κ3) is 4.47. The predicted molar refractivity (Wildman–Crippen MR) is 91.4 cm³/mol. The van der Waals surface area contributed by atoms with Gasteiger partial charge in [0.2, 0.25) is 5.60 Å². The average Bonchev–Trinajstić information content (AvgIpc) is 2.76. The van der Waals surface area contributed by atoms with Crippen molar-refractivity contribution >= 4 is 5.91 Å². The first-order chi connectivity index (χ1) is 12.2. The first-order valence-corrected chi connectivity index (χ1v) is 8.86. The van der Waals surface area contributed by atoms with Gasteiger partial charge in [0.05, 0.1) is 12.2 Å². The summed E-state index contributed by atoms with van der Waals surface area (Å²) in [5.41, 5.74) is -0.848. The van der Waals surface area contributed by atoms with Crippen molar-refractivity contribution in [3.05, 3.63) is 29.1 Å². The SMILES string of the molecule is CCCC=C1CCCOC(C(=O)NCc2cc(C)n(C)n2)(C(F)(F)F)C1. The number of nitrogens with one attached hydrogen (secondary N) is 1. The first-order valence-electron chi connectivity index (χ1n) is 8.86. The molecular weight excluding hydrogens is 347 g/mol. The fourth-order valence-corrected chi connectivity index (χ4v) is 3.02. The molecular formula is C18H26F3N3O2. The van der Waals surface area contributed by atoms with Gasteiger partial charge in [0, 0.05) is 25.8 Å². The van der Waals surface area contributed by atoms with Gasteiger partial charge in [-0.05, 0) is 32.3 Å². The van der Waals surface area contributed by atoms with Gasteiger partial charge < -0.3 is 10.1 Å². The van der Waals surface area contributed by atoms with E-state index in [4.69, 9.17) is 4.74 Å². The van der Waals surface area contributed by atoms with Crippen LogP contribution in [0.3, 0.4) is 0 Å². The topological polar surface area (TPSA) is 56.1 Å². The number of nitrogens with zero attached hydrogens (tertiary/aromatic N) is 2. The molecule has 0 bridgehead atoms. The second kappa shape index (κ2) is 8.24. The normalized spacial score (nSPS) is 23.1. The highest BCUT2D eigenvalue weighted by Crippen LogP contribution is 2.41. The van der Waals surface area contributed by atoms with E-state index in [1.54, 1.807) is 17.8 Å². The molecule has 8 heteroatoms. The van der Waals surface area contributed by atoms with Gasteiger partial charge in [0.1, 0.15) is 0 Å². The number of amides is 1. The fourth-order valence-electron chi connectivity index (χ4n) is 3.02. The number of allylic oxidation sites excluding steroid dienone is 1. The molecule has 2 heterocycles. The molecule has 1 aliphatic heterocycles. The molecule has 1 amide bonds. The number of carbonyl (C=O) groups is 1. The lowest BCUT2D eigenvalue weighted by Gasteiger charge is -2.33. The van der Waals surface area contributed by atoms with Crippen LogP contribution in [0.15, 0.2) is 17.7 Å². The van der Waals surface area contributed by atoms with E-state index in [0.717, 1.165) is 12.1 Å². The van der Waals surface area contributed by atoms with E-state index in [0.29, 0.717) is 30.5 Å². The molecule has 1 unspecified atom stereocenters. The fraction of sp³-hybridized carbons (Fsp3) is 0.667. The molecule has 0 saturated carbocycles. The quantitative estimate of drug-likeness (QED) is 0.803. The van der Waals surface area contributed by atoms with E-state index in [1.807, 2.05) is 19.9 Å². The summed E-state index contributed by atoms with van der Waals surface area (Å²) in [6, 6.07) is 1.72. The smallest absolute Gasteiger partial charge is 0.357 e. The van der Waals surface area contributed by atoms with Crippen LogP contribution < -0.4 is 5.32 Å². The van der Waals surface area contributed by atoms with Gasteiger partial charge >= 0.3 is 6.18 Å². The highest BCUT2D eigenvalue weighted by molar-refractivity contribution is 5.86. The molecule has 26 heavy (non-hydrogen) atoms. The molecule has 0 aliphatic carbocycles. The van der Waals surface area contributed by atoms with Crippen LogP contribution in [0.2, 0.25) is 0 Å². The van der Waals surface area contributed by atoms with Gasteiger partial charge in [0.15, 0.2) is 0 Å². The van der Waals surface area contributed by atoms with Crippen molar-refractivity contribution < 1.29 is 22.7 Å². The zero-order valence-corrected chi connectivity index (χ0v) is 15.4. The van der Waals surface area contributed by atoms with E-state index >= 15 is 0 Å². The second-order valence-corrected chi connectivity index (χ2v) is 6.69. The molecule has 1 saturated heterocycles. The Kier molecular flexibility index (Phi) is 6.49. The third-order valence-corrected chi connectivity index (χ3v) is 4.61.